The average molecular weight is 338 g/mol. The normalized spacial score (nSPS) is 11.4. The summed E-state index contributed by atoms with van der Waals surface area (Å²) in [4.78, 5) is 35.0. The van der Waals surface area contributed by atoms with Crippen LogP contribution in [0.2, 0.25) is 0 Å². The lowest BCUT2D eigenvalue weighted by molar-refractivity contribution is -0.126. The lowest BCUT2D eigenvalue weighted by Gasteiger charge is -2.17. The summed E-state index contributed by atoms with van der Waals surface area (Å²) in [6, 6.07) is 3.72. The molecule has 0 aliphatic rings. The molecule has 24 heavy (non-hydrogen) atoms. The molecule has 0 aliphatic carbocycles. The number of nitrogens with one attached hydrogen (secondary N) is 2. The van der Waals surface area contributed by atoms with Gasteiger partial charge in [0.1, 0.15) is 0 Å². The first-order chi connectivity index (χ1) is 11.3. The summed E-state index contributed by atoms with van der Waals surface area (Å²) in [5.74, 6) is -0.593. The Balaban J connectivity index is 2.79. The fourth-order valence-corrected chi connectivity index (χ4v) is 1.77. The van der Waals surface area contributed by atoms with E-state index in [1.54, 1.807) is 13.8 Å². The van der Waals surface area contributed by atoms with E-state index >= 15 is 0 Å². The Labute approximate surface area is 140 Å². The van der Waals surface area contributed by atoms with Gasteiger partial charge in [0.15, 0.2) is 17.6 Å². The zero-order valence-electron chi connectivity index (χ0n) is 14.3. The van der Waals surface area contributed by atoms with E-state index in [-0.39, 0.29) is 23.1 Å². The van der Waals surface area contributed by atoms with E-state index < -0.39 is 24.0 Å². The molecule has 132 valence electrons. The topological polar surface area (TPSA) is 103 Å². The van der Waals surface area contributed by atoms with E-state index in [0.717, 1.165) is 0 Å². The van der Waals surface area contributed by atoms with Crippen molar-refractivity contribution >= 4 is 17.9 Å². The summed E-state index contributed by atoms with van der Waals surface area (Å²) in [5, 5.41) is 4.72. The number of hydrogen-bond donors (Lipinski definition) is 2. The lowest BCUT2D eigenvalue weighted by Crippen LogP contribution is -2.47. The standard InChI is InChI=1S/C16H22N2O6/c1-9(2)17-16(21)18-14(19)10(3)24-12-7-6-11(15(20)23-5)8-13(12)22-4/h6-10H,1-5H3,(H2,17,18,19,21)/t10-/m1/s1. The number of methoxy groups -OCH3 is 2. The van der Waals surface area contributed by atoms with Crippen LogP contribution in [0.15, 0.2) is 18.2 Å². The molecule has 0 unspecified atom stereocenters. The van der Waals surface area contributed by atoms with Crippen molar-refractivity contribution in [2.75, 3.05) is 14.2 Å². The molecule has 0 radical (unpaired) electrons. The number of ether oxygens (including phenoxy) is 3. The van der Waals surface area contributed by atoms with Gasteiger partial charge in [-0.15, -0.1) is 0 Å². The number of urea groups is 1. The minimum Gasteiger partial charge on any atom is -0.493 e. The highest BCUT2D eigenvalue weighted by Crippen LogP contribution is 2.29. The van der Waals surface area contributed by atoms with Crippen LogP contribution in [-0.4, -0.2) is 44.3 Å². The molecular formula is C16H22N2O6. The molecule has 8 heteroatoms. The Morgan fingerprint density at radius 2 is 1.71 bits per heavy atom. The molecule has 8 nitrogen and oxygen atoms in total. The molecule has 1 atom stereocenters. The van der Waals surface area contributed by atoms with Crippen molar-refractivity contribution < 1.29 is 28.6 Å². The van der Waals surface area contributed by atoms with E-state index in [1.807, 2.05) is 0 Å². The van der Waals surface area contributed by atoms with Crippen LogP contribution in [0.5, 0.6) is 11.5 Å². The van der Waals surface area contributed by atoms with Crippen molar-refractivity contribution in [3.8, 4) is 11.5 Å². The number of carbonyl (C=O) groups is 3. The first kappa shape index (κ1) is 19.3. The zero-order chi connectivity index (χ0) is 18.3. The predicted octanol–water partition coefficient (Wildman–Crippen LogP) is 1.48. The highest BCUT2D eigenvalue weighted by Gasteiger charge is 2.20. The van der Waals surface area contributed by atoms with Gasteiger partial charge in [-0.25, -0.2) is 9.59 Å². The van der Waals surface area contributed by atoms with Crippen LogP contribution in [0.25, 0.3) is 0 Å². The Morgan fingerprint density at radius 1 is 1.04 bits per heavy atom. The van der Waals surface area contributed by atoms with Gasteiger partial charge < -0.3 is 19.5 Å². The summed E-state index contributed by atoms with van der Waals surface area (Å²) in [6.45, 7) is 5.04. The van der Waals surface area contributed by atoms with Gasteiger partial charge >= 0.3 is 12.0 Å². The van der Waals surface area contributed by atoms with Crippen molar-refractivity contribution in [1.82, 2.24) is 10.6 Å². The molecular weight excluding hydrogens is 316 g/mol. The fraction of sp³-hybridized carbons (Fsp3) is 0.438. The Kier molecular flexibility index (Phi) is 7.03. The summed E-state index contributed by atoms with van der Waals surface area (Å²) in [7, 11) is 2.68. The fourth-order valence-electron chi connectivity index (χ4n) is 1.77. The van der Waals surface area contributed by atoms with Crippen LogP contribution in [-0.2, 0) is 9.53 Å². The van der Waals surface area contributed by atoms with E-state index in [1.165, 1.54) is 39.3 Å². The number of hydrogen-bond acceptors (Lipinski definition) is 6. The predicted molar refractivity (Wildman–Crippen MR) is 86.2 cm³/mol. The van der Waals surface area contributed by atoms with Crippen LogP contribution >= 0.6 is 0 Å². The van der Waals surface area contributed by atoms with Gasteiger partial charge in [-0.2, -0.15) is 0 Å². The number of rotatable bonds is 6. The summed E-state index contributed by atoms with van der Waals surface area (Å²) < 4.78 is 15.3. The minimum atomic E-state index is -0.944. The number of esters is 1. The number of amides is 3. The van der Waals surface area contributed by atoms with E-state index in [0.29, 0.717) is 0 Å². The lowest BCUT2D eigenvalue weighted by atomic mass is 10.2. The molecule has 0 bridgehead atoms. The first-order valence-electron chi connectivity index (χ1n) is 7.32. The van der Waals surface area contributed by atoms with Crippen molar-refractivity contribution in [3.05, 3.63) is 23.8 Å². The van der Waals surface area contributed by atoms with Crippen LogP contribution in [0, 0.1) is 0 Å². The van der Waals surface area contributed by atoms with Gasteiger partial charge in [0.25, 0.3) is 5.91 Å². The summed E-state index contributed by atoms with van der Waals surface area (Å²) >= 11 is 0. The van der Waals surface area contributed by atoms with Gasteiger partial charge in [0.2, 0.25) is 0 Å². The Bertz CT molecular complexity index is 615. The molecule has 0 fully saturated rings. The molecule has 0 saturated carbocycles. The molecule has 0 aromatic heterocycles. The molecule has 3 amide bonds. The first-order valence-corrected chi connectivity index (χ1v) is 7.32. The zero-order valence-corrected chi connectivity index (χ0v) is 14.3. The largest absolute Gasteiger partial charge is 0.493 e. The van der Waals surface area contributed by atoms with E-state index in [4.69, 9.17) is 9.47 Å². The van der Waals surface area contributed by atoms with Crippen molar-refractivity contribution in [2.45, 2.75) is 32.9 Å². The third-order valence-electron chi connectivity index (χ3n) is 2.91. The van der Waals surface area contributed by atoms with Gasteiger partial charge in [-0.3, -0.25) is 10.1 Å². The molecule has 2 N–H and O–H groups in total. The smallest absolute Gasteiger partial charge is 0.337 e. The van der Waals surface area contributed by atoms with Crippen LogP contribution in [0.3, 0.4) is 0 Å². The second-order valence-electron chi connectivity index (χ2n) is 5.23. The second kappa shape index (κ2) is 8.76. The maximum Gasteiger partial charge on any atom is 0.337 e. The van der Waals surface area contributed by atoms with Crippen molar-refractivity contribution in [3.63, 3.8) is 0 Å². The highest BCUT2D eigenvalue weighted by atomic mass is 16.5. The monoisotopic (exact) mass is 338 g/mol. The number of imide groups is 1. The SMILES string of the molecule is COC(=O)c1ccc(O[C@H](C)C(=O)NC(=O)NC(C)C)c(OC)c1. The quantitative estimate of drug-likeness (QED) is 0.762. The second-order valence-corrected chi connectivity index (χ2v) is 5.23. The van der Waals surface area contributed by atoms with Gasteiger partial charge in [0.05, 0.1) is 19.8 Å². The van der Waals surface area contributed by atoms with Crippen LogP contribution in [0.4, 0.5) is 4.79 Å². The van der Waals surface area contributed by atoms with Crippen molar-refractivity contribution in [2.24, 2.45) is 0 Å². The molecule has 1 aromatic rings. The molecule has 0 heterocycles. The number of carbonyl (C=O) groups excluding carboxylic acids is 3. The highest BCUT2D eigenvalue weighted by molar-refractivity contribution is 5.96. The molecule has 0 spiro atoms. The molecule has 1 aromatic carbocycles. The third kappa shape index (κ3) is 5.45. The van der Waals surface area contributed by atoms with Gasteiger partial charge in [0, 0.05) is 6.04 Å². The third-order valence-corrected chi connectivity index (χ3v) is 2.91. The Morgan fingerprint density at radius 3 is 2.25 bits per heavy atom. The molecule has 1 rings (SSSR count). The van der Waals surface area contributed by atoms with Gasteiger partial charge in [-0.1, -0.05) is 0 Å². The molecule has 0 aliphatic heterocycles. The van der Waals surface area contributed by atoms with Crippen molar-refractivity contribution in [1.29, 1.82) is 0 Å². The van der Waals surface area contributed by atoms with E-state index in [2.05, 4.69) is 15.4 Å². The maximum atomic E-state index is 11.9. The summed E-state index contributed by atoms with van der Waals surface area (Å²) in [6.07, 6.45) is -0.944. The van der Waals surface area contributed by atoms with Gasteiger partial charge in [-0.05, 0) is 39.0 Å². The maximum absolute atomic E-state index is 11.9. The molecule has 0 saturated heterocycles. The van der Waals surface area contributed by atoms with Crippen LogP contribution in [0.1, 0.15) is 31.1 Å². The average Bonchev–Trinajstić information content (AvgIpc) is 2.53. The number of benzene rings is 1. The minimum absolute atomic E-state index is 0.0972. The summed E-state index contributed by atoms with van der Waals surface area (Å²) in [5.41, 5.74) is 0.287. The van der Waals surface area contributed by atoms with E-state index in [9.17, 15) is 14.4 Å². The Hall–Kier alpha value is -2.77. The van der Waals surface area contributed by atoms with Crippen LogP contribution < -0.4 is 20.1 Å².